The van der Waals surface area contributed by atoms with E-state index in [-0.39, 0.29) is 5.56 Å². The van der Waals surface area contributed by atoms with Gasteiger partial charge in [0.05, 0.1) is 5.56 Å². The molecule has 0 unspecified atom stereocenters. The molecule has 1 aromatic rings. The summed E-state index contributed by atoms with van der Waals surface area (Å²) in [7, 11) is 2.14. The Morgan fingerprint density at radius 3 is 2.80 bits per heavy atom. The predicted molar refractivity (Wildman–Crippen MR) is 81.8 cm³/mol. The third kappa shape index (κ3) is 3.87. The van der Waals surface area contributed by atoms with Crippen molar-refractivity contribution in [3.8, 4) is 0 Å². The van der Waals surface area contributed by atoms with Crippen molar-refractivity contribution in [3.63, 3.8) is 0 Å². The Morgan fingerprint density at radius 1 is 1.45 bits per heavy atom. The minimum Gasteiger partial charge on any atom is -0.478 e. The first-order chi connectivity index (χ1) is 9.58. The summed E-state index contributed by atoms with van der Waals surface area (Å²) in [6.45, 7) is 1.64. The maximum absolute atomic E-state index is 11.2. The second-order valence-corrected chi connectivity index (χ2v) is 5.78. The Morgan fingerprint density at radius 2 is 2.15 bits per heavy atom. The summed E-state index contributed by atoms with van der Waals surface area (Å²) in [5.41, 5.74) is 0.850. The van der Waals surface area contributed by atoms with Gasteiger partial charge >= 0.3 is 5.97 Å². The second-order valence-electron chi connectivity index (χ2n) is 5.34. The van der Waals surface area contributed by atoms with E-state index in [0.717, 1.165) is 13.1 Å². The van der Waals surface area contributed by atoms with Crippen LogP contribution in [0.3, 0.4) is 0 Å². The summed E-state index contributed by atoms with van der Waals surface area (Å²) in [5, 5.41) is 12.8. The van der Waals surface area contributed by atoms with Gasteiger partial charge in [-0.15, -0.1) is 0 Å². The van der Waals surface area contributed by atoms with Crippen molar-refractivity contribution in [2.45, 2.75) is 31.7 Å². The summed E-state index contributed by atoms with van der Waals surface area (Å²) >= 11 is 5.83. The van der Waals surface area contributed by atoms with Gasteiger partial charge in [0, 0.05) is 29.8 Å². The van der Waals surface area contributed by atoms with Gasteiger partial charge < -0.3 is 15.3 Å². The van der Waals surface area contributed by atoms with Gasteiger partial charge in [-0.25, -0.2) is 4.79 Å². The van der Waals surface area contributed by atoms with Crippen LogP contribution in [0, 0.1) is 0 Å². The average Bonchev–Trinajstić information content (AvgIpc) is 2.94. The van der Waals surface area contributed by atoms with Gasteiger partial charge in [-0.1, -0.05) is 24.4 Å². The molecule has 1 aromatic carbocycles. The van der Waals surface area contributed by atoms with Crippen LogP contribution in [0.15, 0.2) is 18.2 Å². The zero-order chi connectivity index (χ0) is 14.5. The highest BCUT2D eigenvalue weighted by atomic mass is 35.5. The van der Waals surface area contributed by atoms with E-state index in [4.69, 9.17) is 16.7 Å². The number of nitrogens with one attached hydrogen (secondary N) is 1. The lowest BCUT2D eigenvalue weighted by atomic mass is 10.1. The van der Waals surface area contributed by atoms with E-state index >= 15 is 0 Å². The zero-order valence-electron chi connectivity index (χ0n) is 11.7. The molecule has 2 rings (SSSR count). The van der Waals surface area contributed by atoms with Crippen molar-refractivity contribution >= 4 is 23.3 Å². The SMILES string of the molecule is CN(CCNc1ccc(Cl)cc1C(=O)O)C1CCCC1. The molecule has 0 bridgehead atoms. The Hall–Kier alpha value is -1.26. The van der Waals surface area contributed by atoms with Gasteiger partial charge in [0.2, 0.25) is 0 Å². The number of rotatable bonds is 6. The molecule has 0 saturated heterocycles. The summed E-state index contributed by atoms with van der Waals surface area (Å²) in [5.74, 6) is -0.959. The molecule has 1 saturated carbocycles. The van der Waals surface area contributed by atoms with E-state index in [9.17, 15) is 4.79 Å². The Kier molecular flexibility index (Phi) is 5.26. The number of carboxylic acid groups (broad SMARTS) is 1. The van der Waals surface area contributed by atoms with Gasteiger partial charge in [-0.05, 0) is 38.1 Å². The van der Waals surface area contributed by atoms with Crippen LogP contribution in [0.25, 0.3) is 0 Å². The molecule has 0 radical (unpaired) electrons. The van der Waals surface area contributed by atoms with Crippen LogP contribution >= 0.6 is 11.6 Å². The molecule has 2 N–H and O–H groups in total. The zero-order valence-corrected chi connectivity index (χ0v) is 12.5. The molecule has 0 spiro atoms. The molecule has 1 aliphatic rings. The number of anilines is 1. The monoisotopic (exact) mass is 296 g/mol. The lowest BCUT2D eigenvalue weighted by Gasteiger charge is -2.24. The van der Waals surface area contributed by atoms with E-state index in [1.807, 2.05) is 0 Å². The number of carbonyl (C=O) groups is 1. The highest BCUT2D eigenvalue weighted by Gasteiger charge is 2.19. The molecule has 110 valence electrons. The molecular formula is C15H21ClN2O2. The first-order valence-corrected chi connectivity index (χ1v) is 7.42. The van der Waals surface area contributed by atoms with Crippen molar-refractivity contribution in [1.29, 1.82) is 0 Å². The Bertz CT molecular complexity index is 473. The van der Waals surface area contributed by atoms with Gasteiger partial charge in [0.25, 0.3) is 0 Å². The number of aromatic carboxylic acids is 1. The number of nitrogens with zero attached hydrogens (tertiary/aromatic N) is 1. The maximum Gasteiger partial charge on any atom is 0.337 e. The molecule has 0 atom stereocenters. The van der Waals surface area contributed by atoms with Crippen LogP contribution in [0.1, 0.15) is 36.0 Å². The topological polar surface area (TPSA) is 52.6 Å². The molecule has 5 heteroatoms. The third-order valence-electron chi connectivity index (χ3n) is 3.94. The second kappa shape index (κ2) is 6.95. The fourth-order valence-electron chi connectivity index (χ4n) is 2.74. The number of hydrogen-bond donors (Lipinski definition) is 2. The third-order valence-corrected chi connectivity index (χ3v) is 4.18. The highest BCUT2D eigenvalue weighted by molar-refractivity contribution is 6.31. The summed E-state index contributed by atoms with van der Waals surface area (Å²) in [6, 6.07) is 5.59. The molecule has 1 fully saturated rings. The average molecular weight is 297 g/mol. The first-order valence-electron chi connectivity index (χ1n) is 7.05. The molecule has 0 aromatic heterocycles. The Labute approximate surface area is 124 Å². The largest absolute Gasteiger partial charge is 0.478 e. The predicted octanol–water partition coefficient (Wildman–Crippen LogP) is 3.32. The van der Waals surface area contributed by atoms with E-state index in [2.05, 4.69) is 17.3 Å². The van der Waals surface area contributed by atoms with E-state index in [1.165, 1.54) is 31.7 Å². The minimum absolute atomic E-state index is 0.223. The van der Waals surface area contributed by atoms with Gasteiger partial charge in [-0.2, -0.15) is 0 Å². The van der Waals surface area contributed by atoms with Gasteiger partial charge in [0.15, 0.2) is 0 Å². The summed E-state index contributed by atoms with van der Waals surface area (Å²) in [6.07, 6.45) is 5.20. The van der Waals surface area contributed by atoms with Crippen molar-refractivity contribution in [2.75, 3.05) is 25.5 Å². The molecular weight excluding hydrogens is 276 g/mol. The fraction of sp³-hybridized carbons (Fsp3) is 0.533. The van der Waals surface area contributed by atoms with Crippen LogP contribution in [0.4, 0.5) is 5.69 Å². The molecule has 20 heavy (non-hydrogen) atoms. The van der Waals surface area contributed by atoms with Crippen LogP contribution in [-0.4, -0.2) is 42.2 Å². The van der Waals surface area contributed by atoms with Gasteiger partial charge in [-0.3, -0.25) is 0 Å². The minimum atomic E-state index is -0.959. The quantitative estimate of drug-likeness (QED) is 0.845. The van der Waals surface area contributed by atoms with Crippen molar-refractivity contribution < 1.29 is 9.90 Å². The highest BCUT2D eigenvalue weighted by Crippen LogP contribution is 2.23. The number of hydrogen-bond acceptors (Lipinski definition) is 3. The molecule has 0 aliphatic heterocycles. The molecule has 0 amide bonds. The maximum atomic E-state index is 11.2. The van der Waals surface area contributed by atoms with Crippen LogP contribution in [0.5, 0.6) is 0 Å². The smallest absolute Gasteiger partial charge is 0.337 e. The molecule has 0 heterocycles. The van der Waals surface area contributed by atoms with E-state index in [0.29, 0.717) is 16.8 Å². The standard InChI is InChI=1S/C15H21ClN2O2/c1-18(12-4-2-3-5-12)9-8-17-14-7-6-11(16)10-13(14)15(19)20/h6-7,10,12,17H,2-5,8-9H2,1H3,(H,19,20). The Balaban J connectivity index is 1.89. The summed E-state index contributed by atoms with van der Waals surface area (Å²) < 4.78 is 0. The van der Waals surface area contributed by atoms with Crippen LogP contribution in [-0.2, 0) is 0 Å². The normalized spacial score (nSPS) is 15.8. The lowest BCUT2D eigenvalue weighted by molar-refractivity contribution is 0.0698. The van der Waals surface area contributed by atoms with Crippen molar-refractivity contribution in [2.24, 2.45) is 0 Å². The number of carboxylic acids is 1. The van der Waals surface area contributed by atoms with Crippen molar-refractivity contribution in [1.82, 2.24) is 4.90 Å². The van der Waals surface area contributed by atoms with Gasteiger partial charge in [0.1, 0.15) is 0 Å². The summed E-state index contributed by atoms with van der Waals surface area (Å²) in [4.78, 5) is 13.5. The molecule has 4 nitrogen and oxygen atoms in total. The number of benzene rings is 1. The fourth-order valence-corrected chi connectivity index (χ4v) is 2.91. The lowest BCUT2D eigenvalue weighted by Crippen LogP contribution is -2.33. The number of likely N-dealkylation sites (N-methyl/N-ethyl adjacent to an activating group) is 1. The van der Waals surface area contributed by atoms with Crippen molar-refractivity contribution in [3.05, 3.63) is 28.8 Å². The van der Waals surface area contributed by atoms with Crippen LogP contribution < -0.4 is 5.32 Å². The van der Waals surface area contributed by atoms with E-state index in [1.54, 1.807) is 12.1 Å². The number of halogens is 1. The van der Waals surface area contributed by atoms with Crippen LogP contribution in [0.2, 0.25) is 5.02 Å². The first kappa shape index (κ1) is 15.1. The molecule has 1 aliphatic carbocycles. The van der Waals surface area contributed by atoms with E-state index < -0.39 is 5.97 Å².